The molecule has 1 unspecified atom stereocenters. The van der Waals surface area contributed by atoms with Crippen LogP contribution < -0.4 is 0 Å². The first-order valence-electron chi connectivity index (χ1n) is 6.22. The van der Waals surface area contributed by atoms with E-state index < -0.39 is 0 Å². The summed E-state index contributed by atoms with van der Waals surface area (Å²) in [4.78, 5) is 4.57. The fourth-order valence-corrected chi connectivity index (χ4v) is 2.71. The number of aromatic nitrogens is 1. The summed E-state index contributed by atoms with van der Waals surface area (Å²) >= 11 is 1.61. The van der Waals surface area contributed by atoms with Crippen LogP contribution >= 0.6 is 11.3 Å². The van der Waals surface area contributed by atoms with Crippen molar-refractivity contribution in [2.75, 3.05) is 0 Å². The van der Waals surface area contributed by atoms with Gasteiger partial charge in [-0.3, -0.25) is 0 Å². The Morgan fingerprint density at radius 1 is 1.28 bits per heavy atom. The molecule has 0 saturated heterocycles. The number of thiazole rings is 1. The lowest BCUT2D eigenvalue weighted by molar-refractivity contribution is 0.795. The van der Waals surface area contributed by atoms with Crippen molar-refractivity contribution in [1.29, 1.82) is 5.26 Å². The molecule has 0 bridgehead atoms. The number of nitriles is 1. The number of nitrogens with zero attached hydrogens (tertiary/aromatic N) is 2. The third kappa shape index (κ3) is 2.60. The van der Waals surface area contributed by atoms with Crippen molar-refractivity contribution < 1.29 is 0 Å². The third-order valence-corrected chi connectivity index (χ3v) is 3.96. The Labute approximate surface area is 112 Å². The highest BCUT2D eigenvalue weighted by atomic mass is 32.1. The molecule has 0 radical (unpaired) electrons. The van der Waals surface area contributed by atoms with E-state index in [1.807, 2.05) is 12.3 Å². The highest BCUT2D eigenvalue weighted by Gasteiger charge is 2.12. The highest BCUT2D eigenvalue weighted by molar-refractivity contribution is 7.13. The second kappa shape index (κ2) is 5.79. The van der Waals surface area contributed by atoms with Gasteiger partial charge in [0.1, 0.15) is 5.01 Å². The molecule has 0 amide bonds. The predicted octanol–water partition coefficient (Wildman–Crippen LogP) is 4.39. The zero-order valence-electron chi connectivity index (χ0n) is 10.7. The van der Waals surface area contributed by atoms with Crippen molar-refractivity contribution in [3.05, 3.63) is 40.9 Å². The molecule has 1 aromatic heterocycles. The number of aryl methyl sites for hydroxylation is 1. The molecule has 2 rings (SSSR count). The van der Waals surface area contributed by atoms with Crippen LogP contribution in [0.2, 0.25) is 0 Å². The van der Waals surface area contributed by atoms with Crippen LogP contribution in [-0.2, 0) is 6.42 Å². The summed E-state index contributed by atoms with van der Waals surface area (Å²) in [6.07, 6.45) is 1.87. The first-order chi connectivity index (χ1) is 8.78. The fraction of sp³-hybridized carbons (Fsp3) is 0.333. The molecule has 18 heavy (non-hydrogen) atoms. The molecule has 1 atom stereocenters. The topological polar surface area (TPSA) is 36.7 Å². The van der Waals surface area contributed by atoms with E-state index in [1.54, 1.807) is 11.3 Å². The first kappa shape index (κ1) is 12.8. The van der Waals surface area contributed by atoms with Gasteiger partial charge in [-0.25, -0.2) is 4.98 Å². The molecule has 0 aliphatic rings. The fourth-order valence-electron chi connectivity index (χ4n) is 1.83. The van der Waals surface area contributed by atoms with Crippen molar-refractivity contribution in [2.45, 2.75) is 32.6 Å². The monoisotopic (exact) mass is 256 g/mol. The summed E-state index contributed by atoms with van der Waals surface area (Å²) in [5.41, 5.74) is 3.37. The largest absolute Gasteiger partial charge is 0.240 e. The van der Waals surface area contributed by atoms with E-state index in [9.17, 15) is 0 Å². The van der Waals surface area contributed by atoms with Gasteiger partial charge in [0.2, 0.25) is 0 Å². The normalized spacial score (nSPS) is 12.1. The smallest absolute Gasteiger partial charge is 0.123 e. The molecule has 92 valence electrons. The number of benzene rings is 1. The maximum Gasteiger partial charge on any atom is 0.123 e. The van der Waals surface area contributed by atoms with Gasteiger partial charge in [0.15, 0.2) is 0 Å². The number of hydrogen-bond donors (Lipinski definition) is 0. The van der Waals surface area contributed by atoms with Gasteiger partial charge >= 0.3 is 0 Å². The molecular weight excluding hydrogens is 240 g/mol. The molecule has 2 nitrogen and oxygen atoms in total. The summed E-state index contributed by atoms with van der Waals surface area (Å²) in [6, 6.07) is 10.8. The van der Waals surface area contributed by atoms with Gasteiger partial charge in [0.05, 0.1) is 17.7 Å². The van der Waals surface area contributed by atoms with Crippen LogP contribution in [0, 0.1) is 11.3 Å². The zero-order chi connectivity index (χ0) is 13.0. The molecule has 0 aliphatic carbocycles. The Hall–Kier alpha value is -1.66. The zero-order valence-corrected chi connectivity index (χ0v) is 11.5. The Kier molecular flexibility index (Phi) is 4.11. The molecule has 0 N–H and O–H groups in total. The molecule has 3 heteroatoms. The second-order valence-electron chi connectivity index (χ2n) is 4.22. The van der Waals surface area contributed by atoms with Crippen LogP contribution in [0.15, 0.2) is 29.6 Å². The number of hydrogen-bond acceptors (Lipinski definition) is 3. The summed E-state index contributed by atoms with van der Waals surface area (Å²) < 4.78 is 0. The minimum Gasteiger partial charge on any atom is -0.240 e. The van der Waals surface area contributed by atoms with Crippen molar-refractivity contribution in [3.63, 3.8) is 0 Å². The van der Waals surface area contributed by atoms with E-state index in [-0.39, 0.29) is 5.92 Å². The third-order valence-electron chi connectivity index (χ3n) is 3.05. The minimum atomic E-state index is -0.0788. The van der Waals surface area contributed by atoms with E-state index >= 15 is 0 Å². The molecule has 1 aromatic carbocycles. The molecule has 1 heterocycles. The van der Waals surface area contributed by atoms with Gasteiger partial charge in [-0.05, 0) is 18.4 Å². The Morgan fingerprint density at radius 3 is 2.56 bits per heavy atom. The second-order valence-corrected chi connectivity index (χ2v) is 5.08. The lowest BCUT2D eigenvalue weighted by atomic mass is 10.1. The predicted molar refractivity (Wildman–Crippen MR) is 75.6 cm³/mol. The van der Waals surface area contributed by atoms with Gasteiger partial charge in [-0.2, -0.15) is 5.26 Å². The van der Waals surface area contributed by atoms with Gasteiger partial charge in [0, 0.05) is 10.9 Å². The van der Waals surface area contributed by atoms with Crippen molar-refractivity contribution in [2.24, 2.45) is 0 Å². The average Bonchev–Trinajstić information content (AvgIpc) is 2.90. The van der Waals surface area contributed by atoms with Crippen LogP contribution in [0.4, 0.5) is 0 Å². The average molecular weight is 256 g/mol. The SMILES string of the molecule is CCc1ccc(-c2nc(C(C#N)CC)cs2)cc1. The maximum atomic E-state index is 9.04. The standard InChI is InChI=1S/C15H16N2S/c1-3-11-5-7-13(8-6-11)15-17-14(10-18-15)12(4-2)9-16/h5-8,10,12H,3-4H2,1-2H3. The summed E-state index contributed by atoms with van der Waals surface area (Å²) in [5, 5.41) is 12.0. The van der Waals surface area contributed by atoms with Gasteiger partial charge in [-0.15, -0.1) is 11.3 Å². The quantitative estimate of drug-likeness (QED) is 0.813. The summed E-state index contributed by atoms with van der Waals surface area (Å²) in [5.74, 6) is -0.0788. The van der Waals surface area contributed by atoms with E-state index in [4.69, 9.17) is 5.26 Å². The summed E-state index contributed by atoms with van der Waals surface area (Å²) in [6.45, 7) is 4.16. The maximum absolute atomic E-state index is 9.04. The molecule has 0 aliphatic heterocycles. The molecular formula is C15H16N2S. The molecule has 0 spiro atoms. The van der Waals surface area contributed by atoms with Crippen LogP contribution in [0.1, 0.15) is 37.4 Å². The molecule has 2 aromatic rings. The molecule has 0 saturated carbocycles. The van der Waals surface area contributed by atoms with Gasteiger partial charge < -0.3 is 0 Å². The first-order valence-corrected chi connectivity index (χ1v) is 7.10. The van der Waals surface area contributed by atoms with Crippen LogP contribution in [0.5, 0.6) is 0 Å². The number of rotatable bonds is 4. The van der Waals surface area contributed by atoms with Crippen LogP contribution in [-0.4, -0.2) is 4.98 Å². The Balaban J connectivity index is 2.26. The Bertz CT molecular complexity index is 549. The van der Waals surface area contributed by atoms with E-state index in [1.165, 1.54) is 5.56 Å². The van der Waals surface area contributed by atoms with Gasteiger partial charge in [-0.1, -0.05) is 38.1 Å². The lowest BCUT2D eigenvalue weighted by Crippen LogP contribution is -1.93. The Morgan fingerprint density at radius 2 is 2.00 bits per heavy atom. The van der Waals surface area contributed by atoms with E-state index in [2.05, 4.69) is 42.2 Å². The van der Waals surface area contributed by atoms with Crippen molar-refractivity contribution in [1.82, 2.24) is 4.98 Å². The molecule has 0 fully saturated rings. The van der Waals surface area contributed by atoms with E-state index in [0.29, 0.717) is 0 Å². The lowest BCUT2D eigenvalue weighted by Gasteiger charge is -2.01. The minimum absolute atomic E-state index is 0.0788. The van der Waals surface area contributed by atoms with Crippen LogP contribution in [0.3, 0.4) is 0 Å². The summed E-state index contributed by atoms with van der Waals surface area (Å²) in [7, 11) is 0. The van der Waals surface area contributed by atoms with Crippen LogP contribution in [0.25, 0.3) is 10.6 Å². The van der Waals surface area contributed by atoms with Gasteiger partial charge in [0.25, 0.3) is 0 Å². The van der Waals surface area contributed by atoms with E-state index in [0.717, 1.165) is 29.1 Å². The van der Waals surface area contributed by atoms with Crippen molar-refractivity contribution >= 4 is 11.3 Å². The highest BCUT2D eigenvalue weighted by Crippen LogP contribution is 2.28. The van der Waals surface area contributed by atoms with Crippen molar-refractivity contribution in [3.8, 4) is 16.6 Å².